The molecule has 0 aliphatic heterocycles. The van der Waals surface area contributed by atoms with Crippen molar-refractivity contribution in [3.8, 4) is 5.75 Å². The van der Waals surface area contributed by atoms with Gasteiger partial charge in [0, 0.05) is 28.9 Å². The van der Waals surface area contributed by atoms with Crippen LogP contribution in [0.5, 0.6) is 5.75 Å². The highest BCUT2D eigenvalue weighted by Crippen LogP contribution is 2.25. The van der Waals surface area contributed by atoms with E-state index in [4.69, 9.17) is 4.74 Å². The minimum Gasteiger partial charge on any atom is -0.485 e. The van der Waals surface area contributed by atoms with Gasteiger partial charge in [-0.3, -0.25) is 4.98 Å². The van der Waals surface area contributed by atoms with E-state index < -0.39 is 0 Å². The van der Waals surface area contributed by atoms with Gasteiger partial charge in [-0.2, -0.15) is 0 Å². The van der Waals surface area contributed by atoms with Gasteiger partial charge in [0.2, 0.25) is 0 Å². The minimum atomic E-state index is -0.340. The zero-order valence-corrected chi connectivity index (χ0v) is 11.6. The summed E-state index contributed by atoms with van der Waals surface area (Å²) in [6, 6.07) is 6.88. The topological polar surface area (TPSA) is 22.1 Å². The van der Waals surface area contributed by atoms with Crippen molar-refractivity contribution in [2.24, 2.45) is 0 Å². The molecule has 0 radical (unpaired) electrons. The molecule has 0 aliphatic rings. The second-order valence-electron chi connectivity index (χ2n) is 4.02. The van der Waals surface area contributed by atoms with Gasteiger partial charge >= 0.3 is 0 Å². The summed E-state index contributed by atoms with van der Waals surface area (Å²) in [6.07, 6.45) is 3.50. The smallest absolute Gasteiger partial charge is 0.165 e. The number of aromatic nitrogens is 1. The van der Waals surface area contributed by atoms with Crippen LogP contribution in [0.4, 0.5) is 4.39 Å². The number of hydrogen-bond acceptors (Lipinski definition) is 2. The number of para-hydroxylation sites is 1. The third-order valence-corrected chi connectivity index (χ3v) is 3.11. The van der Waals surface area contributed by atoms with Crippen LogP contribution in [0.3, 0.4) is 0 Å². The van der Waals surface area contributed by atoms with Gasteiger partial charge in [0.15, 0.2) is 11.6 Å². The van der Waals surface area contributed by atoms with E-state index in [2.05, 4.69) is 20.9 Å². The van der Waals surface area contributed by atoms with Crippen molar-refractivity contribution in [3.05, 3.63) is 59.2 Å². The highest BCUT2D eigenvalue weighted by Gasteiger charge is 2.09. The predicted molar refractivity (Wildman–Crippen MR) is 72.3 cm³/mol. The average Bonchev–Trinajstić information content (AvgIpc) is 2.37. The van der Waals surface area contributed by atoms with Crippen LogP contribution in [0.1, 0.15) is 16.7 Å². The molecule has 1 aromatic carbocycles. The monoisotopic (exact) mass is 309 g/mol. The van der Waals surface area contributed by atoms with Crippen molar-refractivity contribution in [2.75, 3.05) is 0 Å². The summed E-state index contributed by atoms with van der Waals surface area (Å²) in [6.45, 7) is 2.28. The second-order valence-corrected chi connectivity index (χ2v) is 4.58. The molecule has 0 bridgehead atoms. The molecule has 0 N–H and O–H groups in total. The lowest BCUT2D eigenvalue weighted by molar-refractivity contribution is 0.287. The Morgan fingerprint density at radius 1 is 1.33 bits per heavy atom. The van der Waals surface area contributed by atoms with Gasteiger partial charge < -0.3 is 4.74 Å². The zero-order chi connectivity index (χ0) is 13.0. The zero-order valence-electron chi connectivity index (χ0n) is 9.99. The van der Waals surface area contributed by atoms with Gasteiger partial charge in [-0.25, -0.2) is 4.39 Å². The molecule has 2 rings (SSSR count). The standard InChI is InChI=1S/C14H13BrFNO/c1-10-5-11(8-17-7-10)9-18-14-12(6-15)3-2-4-13(14)16/h2-5,7-8H,6,9H2,1H3. The van der Waals surface area contributed by atoms with E-state index in [0.29, 0.717) is 17.7 Å². The normalized spacial score (nSPS) is 10.4. The lowest BCUT2D eigenvalue weighted by atomic mass is 10.2. The number of benzene rings is 1. The van der Waals surface area contributed by atoms with E-state index >= 15 is 0 Å². The van der Waals surface area contributed by atoms with E-state index in [1.54, 1.807) is 18.5 Å². The molecule has 0 fully saturated rings. The largest absolute Gasteiger partial charge is 0.485 e. The SMILES string of the molecule is Cc1cncc(COc2c(F)cccc2CBr)c1. The summed E-state index contributed by atoms with van der Waals surface area (Å²) in [5, 5.41) is 0.562. The Hall–Kier alpha value is -1.42. The molecule has 2 aromatic rings. The molecule has 0 amide bonds. The van der Waals surface area contributed by atoms with Gasteiger partial charge in [0.1, 0.15) is 6.61 Å². The van der Waals surface area contributed by atoms with Crippen LogP contribution in [-0.2, 0) is 11.9 Å². The number of aryl methyl sites for hydroxylation is 1. The highest BCUT2D eigenvalue weighted by atomic mass is 79.9. The molecule has 18 heavy (non-hydrogen) atoms. The van der Waals surface area contributed by atoms with Crippen molar-refractivity contribution < 1.29 is 9.13 Å². The molecule has 0 atom stereocenters. The van der Waals surface area contributed by atoms with E-state index in [1.165, 1.54) is 6.07 Å². The summed E-state index contributed by atoms with van der Waals surface area (Å²) in [4.78, 5) is 4.08. The summed E-state index contributed by atoms with van der Waals surface area (Å²) in [5.41, 5.74) is 2.79. The Morgan fingerprint density at radius 3 is 2.89 bits per heavy atom. The number of pyridine rings is 1. The van der Waals surface area contributed by atoms with Gasteiger partial charge in [0.25, 0.3) is 0 Å². The Labute approximate surface area is 114 Å². The highest BCUT2D eigenvalue weighted by molar-refractivity contribution is 9.08. The third-order valence-electron chi connectivity index (χ3n) is 2.51. The van der Waals surface area contributed by atoms with E-state index in [-0.39, 0.29) is 5.82 Å². The fraction of sp³-hybridized carbons (Fsp3) is 0.214. The molecule has 2 nitrogen and oxygen atoms in total. The van der Waals surface area contributed by atoms with Crippen LogP contribution in [0, 0.1) is 12.7 Å². The van der Waals surface area contributed by atoms with E-state index in [9.17, 15) is 4.39 Å². The summed E-state index contributed by atoms with van der Waals surface area (Å²) < 4.78 is 19.2. The van der Waals surface area contributed by atoms with Crippen molar-refractivity contribution in [1.82, 2.24) is 4.98 Å². The van der Waals surface area contributed by atoms with Crippen LogP contribution in [-0.4, -0.2) is 4.98 Å². The number of nitrogens with zero attached hydrogens (tertiary/aromatic N) is 1. The minimum absolute atomic E-state index is 0.302. The lowest BCUT2D eigenvalue weighted by Crippen LogP contribution is -2.01. The molecule has 0 aliphatic carbocycles. The molecular weight excluding hydrogens is 297 g/mol. The van der Waals surface area contributed by atoms with Crippen LogP contribution in [0.2, 0.25) is 0 Å². The number of rotatable bonds is 4. The summed E-state index contributed by atoms with van der Waals surface area (Å²) in [5.74, 6) is -0.0385. The summed E-state index contributed by atoms with van der Waals surface area (Å²) in [7, 11) is 0. The Bertz CT molecular complexity index is 545. The first-order valence-electron chi connectivity index (χ1n) is 5.57. The first-order chi connectivity index (χ1) is 8.70. The average molecular weight is 310 g/mol. The lowest BCUT2D eigenvalue weighted by Gasteiger charge is -2.11. The van der Waals surface area contributed by atoms with Crippen LogP contribution in [0.15, 0.2) is 36.7 Å². The maximum absolute atomic E-state index is 13.7. The maximum Gasteiger partial charge on any atom is 0.165 e. The molecular formula is C14H13BrFNO. The number of ether oxygens (including phenoxy) is 1. The van der Waals surface area contributed by atoms with Gasteiger partial charge in [-0.15, -0.1) is 0 Å². The molecule has 1 aromatic heterocycles. The molecule has 1 heterocycles. The van der Waals surface area contributed by atoms with Crippen molar-refractivity contribution >= 4 is 15.9 Å². The Morgan fingerprint density at radius 2 is 2.17 bits per heavy atom. The van der Waals surface area contributed by atoms with Gasteiger partial charge in [-0.05, 0) is 24.6 Å². The fourth-order valence-corrected chi connectivity index (χ4v) is 2.11. The first-order valence-corrected chi connectivity index (χ1v) is 6.69. The second kappa shape index (κ2) is 5.96. The predicted octanol–water partition coefficient (Wildman–Crippen LogP) is 4.00. The Kier molecular flexibility index (Phi) is 4.31. The molecule has 0 spiro atoms. The molecule has 0 unspecified atom stereocenters. The number of alkyl halides is 1. The molecule has 94 valence electrons. The van der Waals surface area contributed by atoms with Crippen LogP contribution >= 0.6 is 15.9 Å². The molecule has 4 heteroatoms. The van der Waals surface area contributed by atoms with Crippen LogP contribution in [0.25, 0.3) is 0 Å². The van der Waals surface area contributed by atoms with Crippen LogP contribution < -0.4 is 4.74 Å². The fourth-order valence-electron chi connectivity index (χ4n) is 1.67. The van der Waals surface area contributed by atoms with Gasteiger partial charge in [-0.1, -0.05) is 28.1 Å². The molecule has 0 saturated heterocycles. The van der Waals surface area contributed by atoms with Crippen molar-refractivity contribution in [3.63, 3.8) is 0 Å². The van der Waals surface area contributed by atoms with E-state index in [0.717, 1.165) is 16.7 Å². The van der Waals surface area contributed by atoms with E-state index in [1.807, 2.05) is 19.1 Å². The Balaban J connectivity index is 2.15. The third kappa shape index (κ3) is 3.07. The maximum atomic E-state index is 13.7. The van der Waals surface area contributed by atoms with Crippen molar-refractivity contribution in [1.29, 1.82) is 0 Å². The quantitative estimate of drug-likeness (QED) is 0.796. The summed E-state index contributed by atoms with van der Waals surface area (Å²) >= 11 is 3.32. The number of halogens is 2. The number of hydrogen-bond donors (Lipinski definition) is 0. The first kappa shape index (κ1) is 13.0. The van der Waals surface area contributed by atoms with Crippen molar-refractivity contribution in [2.45, 2.75) is 18.9 Å². The molecule has 0 saturated carbocycles. The van der Waals surface area contributed by atoms with Gasteiger partial charge in [0.05, 0.1) is 0 Å².